The van der Waals surface area contributed by atoms with Gasteiger partial charge in [0.1, 0.15) is 0 Å². The summed E-state index contributed by atoms with van der Waals surface area (Å²) in [6.07, 6.45) is 3.80. The molecule has 0 bridgehead atoms. The second-order valence-electron chi connectivity index (χ2n) is 8.19. The molecule has 0 saturated carbocycles. The van der Waals surface area contributed by atoms with Crippen molar-refractivity contribution < 1.29 is 8.42 Å². The summed E-state index contributed by atoms with van der Waals surface area (Å²) in [4.78, 5) is 0.409. The molecule has 3 nitrogen and oxygen atoms in total. The zero-order chi connectivity index (χ0) is 19.9. The van der Waals surface area contributed by atoms with Crippen LogP contribution in [0.15, 0.2) is 59.0 Å². The third-order valence-electron chi connectivity index (χ3n) is 6.20. The summed E-state index contributed by atoms with van der Waals surface area (Å²) in [5.74, 6) is 0.199. The van der Waals surface area contributed by atoms with Crippen molar-refractivity contribution in [2.24, 2.45) is 5.92 Å². The molecule has 0 aromatic heterocycles. The van der Waals surface area contributed by atoms with Crippen LogP contribution in [0.1, 0.15) is 49.8 Å². The first-order valence-electron chi connectivity index (χ1n) is 10.3. The molecular formula is C24H29NO2S. The molecule has 1 aliphatic heterocycles. The van der Waals surface area contributed by atoms with Crippen LogP contribution in [0, 0.1) is 12.8 Å². The first kappa shape index (κ1) is 19.4. The Morgan fingerprint density at radius 2 is 1.75 bits per heavy atom. The summed E-state index contributed by atoms with van der Waals surface area (Å²) < 4.78 is 28.9. The molecule has 2 atom stereocenters. The number of aryl methyl sites for hydroxylation is 2. The SMILES string of the molecule is CCC[C@@H]1C2=C(c3ccccc3CC2)[C@@H](C)CN1S(=O)(=O)c1ccc(C)cc1. The van der Waals surface area contributed by atoms with E-state index in [0.717, 1.165) is 31.2 Å². The Kier molecular flexibility index (Phi) is 5.19. The van der Waals surface area contributed by atoms with E-state index >= 15 is 0 Å². The van der Waals surface area contributed by atoms with E-state index in [2.05, 4.69) is 38.1 Å². The Morgan fingerprint density at radius 3 is 2.46 bits per heavy atom. The van der Waals surface area contributed by atoms with Crippen molar-refractivity contribution in [2.75, 3.05) is 6.54 Å². The average Bonchev–Trinajstić information content (AvgIpc) is 2.69. The van der Waals surface area contributed by atoms with Gasteiger partial charge in [0.15, 0.2) is 0 Å². The summed E-state index contributed by atoms with van der Waals surface area (Å²) in [6.45, 7) is 6.85. The minimum absolute atomic E-state index is 0.0316. The lowest BCUT2D eigenvalue weighted by Crippen LogP contribution is -2.48. The highest BCUT2D eigenvalue weighted by atomic mass is 32.2. The van der Waals surface area contributed by atoms with Crippen molar-refractivity contribution in [1.29, 1.82) is 0 Å². The van der Waals surface area contributed by atoms with Crippen LogP contribution in [0.4, 0.5) is 0 Å². The molecule has 148 valence electrons. The van der Waals surface area contributed by atoms with Gasteiger partial charge < -0.3 is 0 Å². The maximum Gasteiger partial charge on any atom is 0.243 e. The molecular weight excluding hydrogens is 366 g/mol. The van der Waals surface area contributed by atoms with Crippen molar-refractivity contribution in [2.45, 2.75) is 57.4 Å². The molecule has 0 N–H and O–H groups in total. The molecule has 0 fully saturated rings. The summed E-state index contributed by atoms with van der Waals surface area (Å²) in [7, 11) is -3.51. The molecule has 1 aliphatic carbocycles. The van der Waals surface area contributed by atoms with Gasteiger partial charge in [-0.05, 0) is 66.5 Å². The number of hydrogen-bond acceptors (Lipinski definition) is 2. The van der Waals surface area contributed by atoms with E-state index in [4.69, 9.17) is 0 Å². The highest BCUT2D eigenvalue weighted by Crippen LogP contribution is 2.44. The third kappa shape index (κ3) is 3.23. The molecule has 28 heavy (non-hydrogen) atoms. The number of fused-ring (bicyclic) bond motifs is 2. The summed E-state index contributed by atoms with van der Waals surface area (Å²) in [5.41, 5.74) is 6.55. The second-order valence-corrected chi connectivity index (χ2v) is 10.1. The van der Waals surface area contributed by atoms with Gasteiger partial charge in [0, 0.05) is 12.6 Å². The van der Waals surface area contributed by atoms with Gasteiger partial charge in [-0.3, -0.25) is 0 Å². The highest BCUT2D eigenvalue weighted by Gasteiger charge is 2.41. The number of sulfonamides is 1. The topological polar surface area (TPSA) is 37.4 Å². The maximum absolute atomic E-state index is 13.6. The van der Waals surface area contributed by atoms with E-state index < -0.39 is 10.0 Å². The summed E-state index contributed by atoms with van der Waals surface area (Å²) >= 11 is 0. The maximum atomic E-state index is 13.6. The number of benzene rings is 2. The van der Waals surface area contributed by atoms with E-state index in [1.807, 2.05) is 19.1 Å². The van der Waals surface area contributed by atoms with Crippen LogP contribution in [0.25, 0.3) is 5.57 Å². The lowest BCUT2D eigenvalue weighted by molar-refractivity contribution is 0.293. The van der Waals surface area contributed by atoms with Gasteiger partial charge in [0.2, 0.25) is 10.0 Å². The molecule has 4 heteroatoms. The largest absolute Gasteiger partial charge is 0.243 e. The van der Waals surface area contributed by atoms with Crippen molar-refractivity contribution in [3.63, 3.8) is 0 Å². The van der Waals surface area contributed by atoms with Crippen molar-refractivity contribution in [3.8, 4) is 0 Å². The zero-order valence-electron chi connectivity index (χ0n) is 17.0. The third-order valence-corrected chi connectivity index (χ3v) is 8.09. The fourth-order valence-corrected chi connectivity index (χ4v) is 6.61. The minimum atomic E-state index is -3.51. The molecule has 0 radical (unpaired) electrons. The number of nitrogens with zero attached hydrogens (tertiary/aromatic N) is 1. The molecule has 4 rings (SSSR count). The van der Waals surface area contributed by atoms with E-state index in [1.54, 1.807) is 16.4 Å². The zero-order valence-corrected chi connectivity index (χ0v) is 17.8. The fourth-order valence-electron chi connectivity index (χ4n) is 4.87. The van der Waals surface area contributed by atoms with Crippen LogP contribution in [0.3, 0.4) is 0 Å². The number of rotatable bonds is 4. The first-order chi connectivity index (χ1) is 13.4. The van der Waals surface area contributed by atoms with Crippen LogP contribution in [-0.4, -0.2) is 25.3 Å². The molecule has 1 heterocycles. The molecule has 2 aliphatic rings. The van der Waals surface area contributed by atoms with Gasteiger partial charge in [0.05, 0.1) is 4.90 Å². The Labute approximate surface area is 169 Å². The van der Waals surface area contributed by atoms with Crippen molar-refractivity contribution in [1.82, 2.24) is 4.31 Å². The van der Waals surface area contributed by atoms with Crippen LogP contribution in [0.5, 0.6) is 0 Å². The summed E-state index contributed by atoms with van der Waals surface area (Å²) in [6, 6.07) is 15.9. The van der Waals surface area contributed by atoms with Crippen molar-refractivity contribution >= 4 is 15.6 Å². The fraction of sp³-hybridized carbons (Fsp3) is 0.417. The molecule has 2 aromatic carbocycles. The molecule has 0 unspecified atom stereocenters. The smallest absolute Gasteiger partial charge is 0.207 e. The highest BCUT2D eigenvalue weighted by molar-refractivity contribution is 7.89. The normalized spacial score (nSPS) is 22.7. The quantitative estimate of drug-likeness (QED) is 0.713. The lowest BCUT2D eigenvalue weighted by atomic mass is 9.75. The van der Waals surface area contributed by atoms with Gasteiger partial charge >= 0.3 is 0 Å². The predicted octanol–water partition coefficient (Wildman–Crippen LogP) is 5.20. The van der Waals surface area contributed by atoms with Gasteiger partial charge in [-0.1, -0.05) is 62.2 Å². The van der Waals surface area contributed by atoms with Crippen LogP contribution in [0.2, 0.25) is 0 Å². The first-order valence-corrected chi connectivity index (χ1v) is 11.8. The van der Waals surface area contributed by atoms with Crippen LogP contribution < -0.4 is 0 Å². The molecule has 0 saturated heterocycles. The Morgan fingerprint density at radius 1 is 1.04 bits per heavy atom. The Bertz CT molecular complexity index is 1010. The van der Waals surface area contributed by atoms with Crippen LogP contribution >= 0.6 is 0 Å². The van der Waals surface area contributed by atoms with Crippen LogP contribution in [-0.2, 0) is 16.4 Å². The van der Waals surface area contributed by atoms with E-state index in [0.29, 0.717) is 11.4 Å². The van der Waals surface area contributed by atoms with Gasteiger partial charge in [-0.15, -0.1) is 0 Å². The minimum Gasteiger partial charge on any atom is -0.207 e. The Hall–Kier alpha value is -1.91. The predicted molar refractivity (Wildman–Crippen MR) is 115 cm³/mol. The number of hydrogen-bond donors (Lipinski definition) is 0. The second kappa shape index (κ2) is 7.49. The van der Waals surface area contributed by atoms with E-state index in [-0.39, 0.29) is 12.0 Å². The van der Waals surface area contributed by atoms with Gasteiger partial charge in [-0.25, -0.2) is 8.42 Å². The van der Waals surface area contributed by atoms with Gasteiger partial charge in [0.25, 0.3) is 0 Å². The molecule has 0 spiro atoms. The van der Waals surface area contributed by atoms with E-state index in [1.165, 1.54) is 22.3 Å². The monoisotopic (exact) mass is 395 g/mol. The molecule has 2 aromatic rings. The lowest BCUT2D eigenvalue weighted by Gasteiger charge is -2.43. The van der Waals surface area contributed by atoms with Crippen molar-refractivity contribution in [3.05, 3.63) is 70.8 Å². The Balaban J connectivity index is 1.81. The molecule has 0 amide bonds. The average molecular weight is 396 g/mol. The summed E-state index contributed by atoms with van der Waals surface area (Å²) in [5, 5.41) is 0. The van der Waals surface area contributed by atoms with Gasteiger partial charge in [-0.2, -0.15) is 4.31 Å². The van der Waals surface area contributed by atoms with E-state index in [9.17, 15) is 8.42 Å². The standard InChI is InChI=1S/C24H29NO2S/c1-4-7-23-22-15-12-19-8-5-6-9-21(19)24(22)18(3)16-25(23)28(26,27)20-13-10-17(2)11-14-20/h5-6,8-11,13-14,18,23H,4,7,12,15-16H2,1-3H3/t18-,23+/m0/s1.